The number of piperidine rings is 1. The highest BCUT2D eigenvalue weighted by Gasteiger charge is 2.22. The second-order valence-electron chi connectivity index (χ2n) is 4.48. The molecular formula is C13H19BrN2O. The number of hydrogen-bond acceptors (Lipinski definition) is 3. The minimum absolute atomic E-state index is 0.351. The van der Waals surface area contributed by atoms with Crippen molar-refractivity contribution in [2.75, 3.05) is 24.6 Å². The van der Waals surface area contributed by atoms with Gasteiger partial charge in [-0.2, -0.15) is 0 Å². The fourth-order valence-electron chi connectivity index (χ4n) is 2.26. The number of anilines is 1. The van der Waals surface area contributed by atoms with Crippen molar-refractivity contribution in [1.29, 1.82) is 0 Å². The Morgan fingerprint density at radius 2 is 2.41 bits per heavy atom. The van der Waals surface area contributed by atoms with Crippen LogP contribution < -0.4 is 4.90 Å². The second-order valence-corrected chi connectivity index (χ2v) is 5.34. The second kappa shape index (κ2) is 5.83. The molecule has 2 rings (SSSR count). The quantitative estimate of drug-likeness (QED) is 0.857. The van der Waals surface area contributed by atoms with Gasteiger partial charge in [0.1, 0.15) is 5.82 Å². The topological polar surface area (TPSA) is 25.4 Å². The Morgan fingerprint density at radius 1 is 1.59 bits per heavy atom. The van der Waals surface area contributed by atoms with Gasteiger partial charge in [-0.3, -0.25) is 0 Å². The SMILES string of the molecule is CCOC1CCCN(c2ncc(C)cc2Br)C1. The Hall–Kier alpha value is -0.610. The van der Waals surface area contributed by atoms with Crippen LogP contribution in [0.25, 0.3) is 0 Å². The lowest BCUT2D eigenvalue weighted by Crippen LogP contribution is -2.40. The Labute approximate surface area is 111 Å². The molecule has 0 bridgehead atoms. The van der Waals surface area contributed by atoms with E-state index in [-0.39, 0.29) is 0 Å². The Morgan fingerprint density at radius 3 is 3.12 bits per heavy atom. The van der Waals surface area contributed by atoms with Gasteiger partial charge in [0.25, 0.3) is 0 Å². The zero-order chi connectivity index (χ0) is 12.3. The first-order valence-electron chi connectivity index (χ1n) is 6.19. The van der Waals surface area contributed by atoms with E-state index < -0.39 is 0 Å². The van der Waals surface area contributed by atoms with Crippen LogP contribution in [-0.2, 0) is 4.74 Å². The molecule has 1 unspecified atom stereocenters. The summed E-state index contributed by atoms with van der Waals surface area (Å²) in [4.78, 5) is 6.83. The molecule has 0 aliphatic carbocycles. The van der Waals surface area contributed by atoms with Crippen molar-refractivity contribution in [3.8, 4) is 0 Å². The Bertz CT molecular complexity index is 382. The van der Waals surface area contributed by atoms with Crippen LogP contribution in [-0.4, -0.2) is 30.8 Å². The summed E-state index contributed by atoms with van der Waals surface area (Å²) < 4.78 is 6.79. The molecule has 1 atom stereocenters. The molecule has 0 radical (unpaired) electrons. The van der Waals surface area contributed by atoms with Crippen LogP contribution in [0.2, 0.25) is 0 Å². The summed E-state index contributed by atoms with van der Waals surface area (Å²) in [5.74, 6) is 1.04. The van der Waals surface area contributed by atoms with Gasteiger partial charge in [0.15, 0.2) is 0 Å². The van der Waals surface area contributed by atoms with Crippen LogP contribution in [0, 0.1) is 6.92 Å². The van der Waals surface area contributed by atoms with Gasteiger partial charge in [0.05, 0.1) is 10.6 Å². The lowest BCUT2D eigenvalue weighted by atomic mass is 10.1. The maximum absolute atomic E-state index is 5.71. The third kappa shape index (κ3) is 3.19. The van der Waals surface area contributed by atoms with Crippen molar-refractivity contribution >= 4 is 21.7 Å². The van der Waals surface area contributed by atoms with Gasteiger partial charge in [-0.1, -0.05) is 0 Å². The van der Waals surface area contributed by atoms with E-state index in [0.29, 0.717) is 6.10 Å². The minimum Gasteiger partial charge on any atom is -0.377 e. The average molecular weight is 299 g/mol. The standard InChI is InChI=1S/C13H19BrN2O/c1-3-17-11-5-4-6-16(9-11)13-12(14)7-10(2)8-15-13/h7-8,11H,3-6,9H2,1-2H3. The Balaban J connectivity index is 2.10. The van der Waals surface area contributed by atoms with Gasteiger partial charge < -0.3 is 9.64 Å². The molecule has 0 amide bonds. The number of nitrogens with zero attached hydrogens (tertiary/aromatic N) is 2. The summed E-state index contributed by atoms with van der Waals surface area (Å²) in [6.07, 6.45) is 4.61. The van der Waals surface area contributed by atoms with E-state index in [0.717, 1.165) is 36.4 Å². The van der Waals surface area contributed by atoms with E-state index in [1.165, 1.54) is 12.0 Å². The molecule has 1 aliphatic rings. The maximum atomic E-state index is 5.71. The van der Waals surface area contributed by atoms with Crippen LogP contribution in [0.1, 0.15) is 25.3 Å². The first-order valence-corrected chi connectivity index (χ1v) is 6.98. The minimum atomic E-state index is 0.351. The van der Waals surface area contributed by atoms with Gasteiger partial charge >= 0.3 is 0 Å². The fourth-order valence-corrected chi connectivity index (χ4v) is 2.98. The molecule has 1 fully saturated rings. The van der Waals surface area contributed by atoms with Crippen LogP contribution in [0.5, 0.6) is 0 Å². The highest BCUT2D eigenvalue weighted by atomic mass is 79.9. The molecule has 0 saturated carbocycles. The highest BCUT2D eigenvalue weighted by Crippen LogP contribution is 2.27. The van der Waals surface area contributed by atoms with E-state index in [4.69, 9.17) is 4.74 Å². The van der Waals surface area contributed by atoms with Crippen LogP contribution in [0.15, 0.2) is 16.7 Å². The summed E-state index contributed by atoms with van der Waals surface area (Å²) in [6.45, 7) is 6.92. The van der Waals surface area contributed by atoms with Crippen molar-refractivity contribution in [2.45, 2.75) is 32.8 Å². The Kier molecular flexibility index (Phi) is 4.40. The smallest absolute Gasteiger partial charge is 0.142 e. The van der Waals surface area contributed by atoms with E-state index >= 15 is 0 Å². The zero-order valence-electron chi connectivity index (χ0n) is 10.4. The van der Waals surface area contributed by atoms with Crippen molar-refractivity contribution in [3.05, 3.63) is 22.3 Å². The molecule has 0 spiro atoms. The predicted octanol–water partition coefficient (Wildman–Crippen LogP) is 3.16. The van der Waals surface area contributed by atoms with Crippen LogP contribution in [0.4, 0.5) is 5.82 Å². The predicted molar refractivity (Wildman–Crippen MR) is 73.5 cm³/mol. The summed E-state index contributed by atoms with van der Waals surface area (Å²) in [6, 6.07) is 2.12. The molecule has 4 heteroatoms. The molecule has 1 saturated heterocycles. The number of halogens is 1. The molecule has 17 heavy (non-hydrogen) atoms. The normalized spacial score (nSPS) is 20.6. The third-order valence-corrected chi connectivity index (χ3v) is 3.62. The molecule has 2 heterocycles. The number of rotatable bonds is 3. The molecule has 94 valence electrons. The number of aromatic nitrogens is 1. The van der Waals surface area contributed by atoms with Crippen molar-refractivity contribution < 1.29 is 4.74 Å². The molecule has 0 N–H and O–H groups in total. The number of hydrogen-bond donors (Lipinski definition) is 0. The van der Waals surface area contributed by atoms with Gasteiger partial charge in [0, 0.05) is 25.9 Å². The molecule has 0 aromatic carbocycles. The average Bonchev–Trinajstić information content (AvgIpc) is 2.29. The molecule has 1 aliphatic heterocycles. The summed E-state index contributed by atoms with van der Waals surface area (Å²) in [5, 5.41) is 0. The van der Waals surface area contributed by atoms with Gasteiger partial charge in [-0.05, 0) is 54.2 Å². The molecule has 1 aromatic rings. The van der Waals surface area contributed by atoms with Gasteiger partial charge in [-0.25, -0.2) is 4.98 Å². The van der Waals surface area contributed by atoms with Gasteiger partial charge in [-0.15, -0.1) is 0 Å². The maximum Gasteiger partial charge on any atom is 0.142 e. The lowest BCUT2D eigenvalue weighted by Gasteiger charge is -2.33. The van der Waals surface area contributed by atoms with Crippen molar-refractivity contribution in [1.82, 2.24) is 4.98 Å². The van der Waals surface area contributed by atoms with Crippen molar-refractivity contribution in [2.24, 2.45) is 0 Å². The first kappa shape index (κ1) is 12.8. The molecule has 1 aromatic heterocycles. The first-order chi connectivity index (χ1) is 8.20. The number of aryl methyl sites for hydroxylation is 1. The largest absolute Gasteiger partial charge is 0.377 e. The van der Waals surface area contributed by atoms with Crippen molar-refractivity contribution in [3.63, 3.8) is 0 Å². The highest BCUT2D eigenvalue weighted by molar-refractivity contribution is 9.10. The number of pyridine rings is 1. The van der Waals surface area contributed by atoms with Crippen LogP contribution in [0.3, 0.4) is 0 Å². The monoisotopic (exact) mass is 298 g/mol. The molecular weight excluding hydrogens is 280 g/mol. The summed E-state index contributed by atoms with van der Waals surface area (Å²) in [7, 11) is 0. The number of ether oxygens (including phenoxy) is 1. The van der Waals surface area contributed by atoms with E-state index in [1.54, 1.807) is 0 Å². The van der Waals surface area contributed by atoms with E-state index in [9.17, 15) is 0 Å². The molecule has 3 nitrogen and oxygen atoms in total. The van der Waals surface area contributed by atoms with Crippen LogP contribution >= 0.6 is 15.9 Å². The van der Waals surface area contributed by atoms with Gasteiger partial charge in [0.2, 0.25) is 0 Å². The van der Waals surface area contributed by atoms with E-state index in [1.807, 2.05) is 6.20 Å². The fraction of sp³-hybridized carbons (Fsp3) is 0.615. The summed E-state index contributed by atoms with van der Waals surface area (Å²) >= 11 is 3.60. The third-order valence-electron chi connectivity index (χ3n) is 3.04. The zero-order valence-corrected chi connectivity index (χ0v) is 12.0. The summed E-state index contributed by atoms with van der Waals surface area (Å²) in [5.41, 5.74) is 1.18. The lowest BCUT2D eigenvalue weighted by molar-refractivity contribution is 0.0525. The van der Waals surface area contributed by atoms with E-state index in [2.05, 4.69) is 45.7 Å².